The molecule has 1 aliphatic heterocycles. The van der Waals surface area contributed by atoms with Crippen LogP contribution in [0.25, 0.3) is 0 Å². The molecule has 0 radical (unpaired) electrons. The van der Waals surface area contributed by atoms with Crippen molar-refractivity contribution < 1.29 is 17.9 Å². The van der Waals surface area contributed by atoms with E-state index in [2.05, 4.69) is 5.32 Å². The van der Waals surface area contributed by atoms with E-state index in [1.807, 2.05) is 0 Å². The summed E-state index contributed by atoms with van der Waals surface area (Å²) in [6, 6.07) is 6.42. The molecule has 1 saturated heterocycles. The number of hydrogen-bond acceptors (Lipinski definition) is 4. The van der Waals surface area contributed by atoms with Gasteiger partial charge in [0.25, 0.3) is 0 Å². The minimum Gasteiger partial charge on any atom is -0.492 e. The van der Waals surface area contributed by atoms with Gasteiger partial charge in [-0.2, -0.15) is 4.31 Å². The Morgan fingerprint density at radius 3 is 2.41 bits per heavy atom. The second-order valence-electron chi connectivity index (χ2n) is 5.27. The van der Waals surface area contributed by atoms with Crippen LogP contribution in [0.4, 0.5) is 0 Å². The zero-order valence-electron chi connectivity index (χ0n) is 12.7. The Morgan fingerprint density at radius 1 is 1.18 bits per heavy atom. The lowest BCUT2D eigenvalue weighted by Gasteiger charge is -2.25. The number of rotatable bonds is 6. The Morgan fingerprint density at radius 2 is 1.82 bits per heavy atom. The standard InChI is InChI=1S/C15H22N2O4S/c1-13(18)16-9-12-21-14-5-7-15(8-6-14)22(19,20)17-10-3-2-4-11-17/h5-8H,2-4,9-12H2,1H3,(H,16,18). The highest BCUT2D eigenvalue weighted by Gasteiger charge is 2.25. The molecule has 0 unspecified atom stereocenters. The Hall–Kier alpha value is -1.60. The van der Waals surface area contributed by atoms with Crippen LogP contribution >= 0.6 is 0 Å². The van der Waals surface area contributed by atoms with Gasteiger partial charge in [-0.15, -0.1) is 0 Å². The molecule has 0 saturated carbocycles. The van der Waals surface area contributed by atoms with Crippen LogP contribution in [0.3, 0.4) is 0 Å². The zero-order chi connectivity index (χ0) is 16.0. The minimum absolute atomic E-state index is 0.105. The number of carbonyl (C=O) groups is 1. The molecule has 2 rings (SSSR count). The Bertz CT molecular complexity index is 592. The summed E-state index contributed by atoms with van der Waals surface area (Å²) in [6.45, 7) is 3.40. The molecule has 1 aromatic carbocycles. The molecule has 0 aliphatic carbocycles. The highest BCUT2D eigenvalue weighted by molar-refractivity contribution is 7.89. The van der Waals surface area contributed by atoms with Crippen molar-refractivity contribution in [2.75, 3.05) is 26.2 Å². The number of piperidine rings is 1. The number of sulfonamides is 1. The van der Waals surface area contributed by atoms with Gasteiger partial charge in [0.15, 0.2) is 0 Å². The van der Waals surface area contributed by atoms with Crippen LogP contribution in [0.2, 0.25) is 0 Å². The van der Waals surface area contributed by atoms with E-state index in [4.69, 9.17) is 4.74 Å². The van der Waals surface area contributed by atoms with Crippen LogP contribution < -0.4 is 10.1 Å². The van der Waals surface area contributed by atoms with E-state index in [-0.39, 0.29) is 5.91 Å². The summed E-state index contributed by atoms with van der Waals surface area (Å²) in [6.07, 6.45) is 2.93. The second kappa shape index (κ2) is 7.60. The van der Waals surface area contributed by atoms with Crippen LogP contribution in [0.5, 0.6) is 5.75 Å². The van der Waals surface area contributed by atoms with Crippen molar-refractivity contribution in [3.63, 3.8) is 0 Å². The first-order valence-electron chi connectivity index (χ1n) is 7.47. The third-order valence-electron chi connectivity index (χ3n) is 3.52. The van der Waals surface area contributed by atoms with Gasteiger partial charge in [-0.25, -0.2) is 8.42 Å². The normalized spacial score (nSPS) is 16.2. The molecule has 1 aromatic rings. The maximum absolute atomic E-state index is 12.5. The molecular weight excluding hydrogens is 304 g/mol. The maximum atomic E-state index is 12.5. The van der Waals surface area contributed by atoms with Gasteiger partial charge in [0.1, 0.15) is 12.4 Å². The fourth-order valence-corrected chi connectivity index (χ4v) is 3.88. The van der Waals surface area contributed by atoms with Crippen molar-refractivity contribution in [1.29, 1.82) is 0 Å². The molecule has 22 heavy (non-hydrogen) atoms. The minimum atomic E-state index is -3.39. The molecule has 0 bridgehead atoms. The number of benzene rings is 1. The number of nitrogens with one attached hydrogen (secondary N) is 1. The highest BCUT2D eigenvalue weighted by atomic mass is 32.2. The van der Waals surface area contributed by atoms with E-state index in [1.54, 1.807) is 28.6 Å². The molecule has 1 amide bonds. The van der Waals surface area contributed by atoms with Gasteiger partial charge < -0.3 is 10.1 Å². The number of carbonyl (C=O) groups excluding carboxylic acids is 1. The van der Waals surface area contributed by atoms with Crippen molar-refractivity contribution in [1.82, 2.24) is 9.62 Å². The highest BCUT2D eigenvalue weighted by Crippen LogP contribution is 2.22. The molecule has 1 fully saturated rings. The van der Waals surface area contributed by atoms with Gasteiger partial charge >= 0.3 is 0 Å². The Balaban J connectivity index is 1.94. The predicted molar refractivity (Wildman–Crippen MR) is 83.2 cm³/mol. The number of ether oxygens (including phenoxy) is 1. The number of hydrogen-bond donors (Lipinski definition) is 1. The molecule has 1 heterocycles. The van der Waals surface area contributed by atoms with E-state index in [9.17, 15) is 13.2 Å². The maximum Gasteiger partial charge on any atom is 0.243 e. The fraction of sp³-hybridized carbons (Fsp3) is 0.533. The van der Waals surface area contributed by atoms with Gasteiger partial charge in [-0.3, -0.25) is 4.79 Å². The van der Waals surface area contributed by atoms with Crippen molar-refractivity contribution in [3.8, 4) is 5.75 Å². The molecule has 122 valence electrons. The summed E-state index contributed by atoms with van der Waals surface area (Å²) < 4.78 is 31.9. The lowest BCUT2D eigenvalue weighted by atomic mass is 10.2. The second-order valence-corrected chi connectivity index (χ2v) is 7.21. The molecule has 0 atom stereocenters. The average Bonchev–Trinajstić information content (AvgIpc) is 2.53. The molecule has 7 heteroatoms. The van der Waals surface area contributed by atoms with Crippen molar-refractivity contribution in [3.05, 3.63) is 24.3 Å². The van der Waals surface area contributed by atoms with Crippen LogP contribution in [0, 0.1) is 0 Å². The summed E-state index contributed by atoms with van der Waals surface area (Å²) in [5.41, 5.74) is 0. The van der Waals surface area contributed by atoms with Gasteiger partial charge in [0.05, 0.1) is 11.4 Å². The van der Waals surface area contributed by atoms with E-state index in [0.29, 0.717) is 36.9 Å². The number of nitrogens with zero attached hydrogens (tertiary/aromatic N) is 1. The molecule has 1 aliphatic rings. The number of amides is 1. The molecule has 0 spiro atoms. The van der Waals surface area contributed by atoms with Crippen molar-refractivity contribution in [2.24, 2.45) is 0 Å². The summed E-state index contributed by atoms with van der Waals surface area (Å²) in [4.78, 5) is 11.0. The summed E-state index contributed by atoms with van der Waals surface area (Å²) in [7, 11) is -3.39. The quantitative estimate of drug-likeness (QED) is 0.801. The first kappa shape index (κ1) is 16.8. The lowest BCUT2D eigenvalue weighted by Crippen LogP contribution is -2.35. The van der Waals surface area contributed by atoms with E-state index in [1.165, 1.54) is 6.92 Å². The van der Waals surface area contributed by atoms with Gasteiger partial charge in [-0.05, 0) is 37.1 Å². The lowest BCUT2D eigenvalue weighted by molar-refractivity contribution is -0.119. The summed E-state index contributed by atoms with van der Waals surface area (Å²) >= 11 is 0. The van der Waals surface area contributed by atoms with Gasteiger partial charge in [-0.1, -0.05) is 6.42 Å². The first-order chi connectivity index (χ1) is 10.5. The topological polar surface area (TPSA) is 75.7 Å². The van der Waals surface area contributed by atoms with Crippen LogP contribution in [0.1, 0.15) is 26.2 Å². The van der Waals surface area contributed by atoms with E-state index < -0.39 is 10.0 Å². The fourth-order valence-electron chi connectivity index (χ4n) is 2.36. The first-order valence-corrected chi connectivity index (χ1v) is 8.91. The molecular formula is C15H22N2O4S. The van der Waals surface area contributed by atoms with Crippen LogP contribution in [-0.4, -0.2) is 44.9 Å². The van der Waals surface area contributed by atoms with Crippen LogP contribution in [0.15, 0.2) is 29.2 Å². The summed E-state index contributed by atoms with van der Waals surface area (Å²) in [5.74, 6) is 0.481. The van der Waals surface area contributed by atoms with Crippen molar-refractivity contribution in [2.45, 2.75) is 31.1 Å². The molecule has 6 nitrogen and oxygen atoms in total. The SMILES string of the molecule is CC(=O)NCCOc1ccc(S(=O)(=O)N2CCCCC2)cc1. The van der Waals surface area contributed by atoms with E-state index in [0.717, 1.165) is 19.3 Å². The monoisotopic (exact) mass is 326 g/mol. The zero-order valence-corrected chi connectivity index (χ0v) is 13.6. The molecule has 0 aromatic heterocycles. The third kappa shape index (κ3) is 4.45. The van der Waals surface area contributed by atoms with Crippen LogP contribution in [-0.2, 0) is 14.8 Å². The van der Waals surface area contributed by atoms with E-state index >= 15 is 0 Å². The van der Waals surface area contributed by atoms with Gasteiger partial charge in [0, 0.05) is 20.0 Å². The predicted octanol–water partition coefficient (Wildman–Crippen LogP) is 1.38. The smallest absolute Gasteiger partial charge is 0.243 e. The Kier molecular flexibility index (Phi) is 5.79. The average molecular weight is 326 g/mol. The van der Waals surface area contributed by atoms with Crippen molar-refractivity contribution >= 4 is 15.9 Å². The molecule has 1 N–H and O–H groups in total. The van der Waals surface area contributed by atoms with Gasteiger partial charge in [0.2, 0.25) is 15.9 Å². The largest absolute Gasteiger partial charge is 0.492 e. The summed E-state index contributed by atoms with van der Waals surface area (Å²) in [5, 5.41) is 2.63. The third-order valence-corrected chi connectivity index (χ3v) is 5.43. The Labute approximate surface area is 131 Å².